The summed E-state index contributed by atoms with van der Waals surface area (Å²) in [6, 6.07) is 8.17. The van der Waals surface area contributed by atoms with E-state index in [-0.39, 0.29) is 12.5 Å². The molecule has 1 aromatic carbocycles. The molecule has 1 unspecified atom stereocenters. The van der Waals surface area contributed by atoms with Crippen LogP contribution in [0.25, 0.3) is 0 Å². The first-order chi connectivity index (χ1) is 12.2. The van der Waals surface area contributed by atoms with Gasteiger partial charge < -0.3 is 25.0 Å². The molecule has 1 aromatic rings. The van der Waals surface area contributed by atoms with E-state index in [0.29, 0.717) is 0 Å². The van der Waals surface area contributed by atoms with Crippen molar-refractivity contribution in [3.05, 3.63) is 24.3 Å². The fourth-order valence-electron chi connectivity index (χ4n) is 2.60. The van der Waals surface area contributed by atoms with E-state index >= 15 is 0 Å². The largest absolute Gasteiger partial charge is 0.497 e. The third-order valence-electron chi connectivity index (χ3n) is 4.03. The van der Waals surface area contributed by atoms with Crippen LogP contribution in [0, 0.1) is 0 Å². The average Bonchev–Trinajstić information content (AvgIpc) is 2.62. The fourth-order valence-corrected chi connectivity index (χ4v) is 2.60. The molecule has 0 radical (unpaired) electrons. The van der Waals surface area contributed by atoms with Crippen LogP contribution < -0.4 is 9.64 Å². The molecule has 1 aliphatic rings. The first kappa shape index (κ1) is 21.2. The van der Waals surface area contributed by atoms with Crippen molar-refractivity contribution in [3.63, 3.8) is 0 Å². The molecule has 9 nitrogen and oxygen atoms in total. The molecule has 1 heterocycles. The van der Waals surface area contributed by atoms with E-state index in [9.17, 15) is 4.79 Å². The molecule has 1 fully saturated rings. The van der Waals surface area contributed by atoms with E-state index in [0.717, 1.165) is 31.9 Å². The zero-order chi connectivity index (χ0) is 19.7. The van der Waals surface area contributed by atoms with E-state index in [1.807, 2.05) is 19.1 Å². The molecule has 0 saturated carbocycles. The molecular formula is C17H24N2O7. The van der Waals surface area contributed by atoms with Gasteiger partial charge >= 0.3 is 17.9 Å². The summed E-state index contributed by atoms with van der Waals surface area (Å²) >= 11 is 0. The highest BCUT2D eigenvalue weighted by molar-refractivity contribution is 6.27. The lowest BCUT2D eigenvalue weighted by Crippen LogP contribution is -2.50. The maximum atomic E-state index is 10.7. The lowest BCUT2D eigenvalue weighted by atomic mass is 10.1. The highest BCUT2D eigenvalue weighted by Crippen LogP contribution is 2.21. The van der Waals surface area contributed by atoms with Gasteiger partial charge in [-0.05, 0) is 31.2 Å². The maximum absolute atomic E-state index is 10.7. The molecule has 0 bridgehead atoms. The van der Waals surface area contributed by atoms with E-state index in [2.05, 4.69) is 21.9 Å². The van der Waals surface area contributed by atoms with Gasteiger partial charge in [0.1, 0.15) is 5.75 Å². The number of rotatable bonds is 5. The zero-order valence-corrected chi connectivity index (χ0v) is 14.8. The van der Waals surface area contributed by atoms with E-state index in [1.165, 1.54) is 5.69 Å². The van der Waals surface area contributed by atoms with Crippen molar-refractivity contribution >= 4 is 23.6 Å². The topological polar surface area (TPSA) is 128 Å². The summed E-state index contributed by atoms with van der Waals surface area (Å²) in [7, 11) is 1.66. The summed E-state index contributed by atoms with van der Waals surface area (Å²) in [6.45, 7) is 5.64. The second-order valence-corrected chi connectivity index (χ2v) is 5.78. The van der Waals surface area contributed by atoms with Gasteiger partial charge in [0, 0.05) is 37.9 Å². The van der Waals surface area contributed by atoms with Crippen molar-refractivity contribution in [1.82, 2.24) is 4.90 Å². The number of anilines is 1. The molecule has 1 atom stereocenters. The minimum absolute atomic E-state index is 0.102. The third kappa shape index (κ3) is 6.98. The smallest absolute Gasteiger partial charge is 0.414 e. The number of piperazine rings is 1. The summed E-state index contributed by atoms with van der Waals surface area (Å²) in [4.78, 5) is 33.5. The number of carboxylic acid groups (broad SMARTS) is 3. The summed E-state index contributed by atoms with van der Waals surface area (Å²) in [5.74, 6) is -3.51. The van der Waals surface area contributed by atoms with E-state index in [4.69, 9.17) is 29.6 Å². The summed E-state index contributed by atoms with van der Waals surface area (Å²) in [6.07, 6.45) is 0.211. The normalized spacial score (nSPS) is 15.4. The Hall–Kier alpha value is -2.81. The quantitative estimate of drug-likeness (QED) is 0.648. The van der Waals surface area contributed by atoms with Gasteiger partial charge in [0.25, 0.3) is 0 Å². The van der Waals surface area contributed by atoms with E-state index in [1.54, 1.807) is 7.11 Å². The molecule has 0 spiro atoms. The Morgan fingerprint density at radius 2 is 1.50 bits per heavy atom. The van der Waals surface area contributed by atoms with Crippen LogP contribution in [-0.4, -0.2) is 77.5 Å². The number of hydrogen-bond donors (Lipinski definition) is 3. The van der Waals surface area contributed by atoms with Crippen molar-refractivity contribution in [2.75, 3.05) is 38.2 Å². The Labute approximate surface area is 151 Å². The molecule has 144 valence electrons. The van der Waals surface area contributed by atoms with Gasteiger partial charge in [-0.3, -0.25) is 9.69 Å². The summed E-state index contributed by atoms with van der Waals surface area (Å²) < 4.78 is 5.16. The maximum Gasteiger partial charge on any atom is 0.414 e. The van der Waals surface area contributed by atoms with Gasteiger partial charge in [0.2, 0.25) is 0 Å². The minimum atomic E-state index is -1.82. The Morgan fingerprint density at radius 1 is 1.00 bits per heavy atom. The molecule has 1 aliphatic heterocycles. The van der Waals surface area contributed by atoms with Gasteiger partial charge in [-0.15, -0.1) is 0 Å². The summed E-state index contributed by atoms with van der Waals surface area (Å²) in [5.41, 5.74) is 1.19. The van der Waals surface area contributed by atoms with Crippen LogP contribution in [-0.2, 0) is 14.4 Å². The third-order valence-corrected chi connectivity index (χ3v) is 4.03. The standard InChI is InChI=1S/C15H22N2O3.C2H2O4/c1-12(11-15(18)19)16-7-9-17(10-8-16)13-3-5-14(20-2)6-4-13;3-1(4)2(5)6/h3-6,12H,7-11H2,1-2H3,(H,18,19);(H,3,4)(H,5,6). The average molecular weight is 368 g/mol. The van der Waals surface area contributed by atoms with Gasteiger partial charge in [-0.2, -0.15) is 0 Å². The van der Waals surface area contributed by atoms with Crippen molar-refractivity contribution in [3.8, 4) is 5.75 Å². The van der Waals surface area contributed by atoms with Gasteiger partial charge in [-0.1, -0.05) is 0 Å². The Bertz CT molecular complexity index is 598. The van der Waals surface area contributed by atoms with Crippen LogP contribution in [0.4, 0.5) is 5.69 Å². The predicted molar refractivity (Wildman–Crippen MR) is 93.8 cm³/mol. The van der Waals surface area contributed by atoms with Crippen LogP contribution in [0.15, 0.2) is 24.3 Å². The van der Waals surface area contributed by atoms with Crippen molar-refractivity contribution in [2.45, 2.75) is 19.4 Å². The molecule has 1 saturated heterocycles. The number of nitrogens with zero attached hydrogens (tertiary/aromatic N) is 2. The second-order valence-electron chi connectivity index (χ2n) is 5.78. The molecule has 26 heavy (non-hydrogen) atoms. The SMILES string of the molecule is COc1ccc(N2CCN(C(C)CC(=O)O)CC2)cc1.O=C(O)C(=O)O. The molecule has 0 amide bonds. The van der Waals surface area contributed by atoms with Gasteiger partial charge in [-0.25, -0.2) is 9.59 Å². The number of aliphatic carboxylic acids is 3. The van der Waals surface area contributed by atoms with E-state index < -0.39 is 17.9 Å². The lowest BCUT2D eigenvalue weighted by molar-refractivity contribution is -0.159. The number of benzene rings is 1. The van der Waals surface area contributed by atoms with Crippen molar-refractivity contribution < 1.29 is 34.4 Å². The van der Waals surface area contributed by atoms with Gasteiger partial charge in [0.15, 0.2) is 0 Å². The number of ether oxygens (including phenoxy) is 1. The van der Waals surface area contributed by atoms with Crippen LogP contribution in [0.3, 0.4) is 0 Å². The molecule has 3 N–H and O–H groups in total. The zero-order valence-electron chi connectivity index (χ0n) is 14.8. The Balaban J connectivity index is 0.000000487. The number of carboxylic acids is 3. The lowest BCUT2D eigenvalue weighted by Gasteiger charge is -2.38. The Morgan fingerprint density at radius 3 is 1.88 bits per heavy atom. The Kier molecular flexibility index (Phi) is 8.36. The van der Waals surface area contributed by atoms with Crippen LogP contribution in [0.1, 0.15) is 13.3 Å². The van der Waals surface area contributed by atoms with Crippen LogP contribution >= 0.6 is 0 Å². The number of carbonyl (C=O) groups is 3. The van der Waals surface area contributed by atoms with Crippen molar-refractivity contribution in [2.24, 2.45) is 0 Å². The molecule has 0 aliphatic carbocycles. The van der Waals surface area contributed by atoms with Gasteiger partial charge in [0.05, 0.1) is 13.5 Å². The molecule has 0 aromatic heterocycles. The highest BCUT2D eigenvalue weighted by Gasteiger charge is 2.22. The first-order valence-electron chi connectivity index (χ1n) is 8.05. The molecule has 2 rings (SSSR count). The predicted octanol–water partition coefficient (Wildman–Crippen LogP) is 0.836. The molecule has 9 heteroatoms. The van der Waals surface area contributed by atoms with Crippen LogP contribution in [0.2, 0.25) is 0 Å². The number of methoxy groups -OCH3 is 1. The fraction of sp³-hybridized carbons (Fsp3) is 0.471. The van der Waals surface area contributed by atoms with Crippen LogP contribution in [0.5, 0.6) is 5.75 Å². The van der Waals surface area contributed by atoms with Crippen molar-refractivity contribution in [1.29, 1.82) is 0 Å². The highest BCUT2D eigenvalue weighted by atomic mass is 16.5. The second kappa shape index (κ2) is 10.2. The minimum Gasteiger partial charge on any atom is -0.497 e. The first-order valence-corrected chi connectivity index (χ1v) is 8.05. The molecular weight excluding hydrogens is 344 g/mol. The number of hydrogen-bond acceptors (Lipinski definition) is 6. The summed E-state index contributed by atoms with van der Waals surface area (Å²) in [5, 5.41) is 23.6. The monoisotopic (exact) mass is 368 g/mol.